The fraction of sp³-hybridized carbons (Fsp3) is 0.611. The lowest BCUT2D eigenvalue weighted by Crippen LogP contribution is -2.31. The first kappa shape index (κ1) is 16.8. The van der Waals surface area contributed by atoms with E-state index in [4.69, 9.17) is 10.5 Å². The van der Waals surface area contributed by atoms with Crippen LogP contribution in [0.1, 0.15) is 56.0 Å². The monoisotopic (exact) mass is 304 g/mol. The molecule has 0 aliphatic carbocycles. The number of nitrogens with two attached hydrogens (primary N) is 1. The van der Waals surface area contributed by atoms with Crippen LogP contribution in [0.25, 0.3) is 0 Å². The maximum Gasteiger partial charge on any atom is 0.338 e. The minimum atomic E-state index is -0.480. The number of nitrogen functional groups attached to an aromatic ring is 1. The summed E-state index contributed by atoms with van der Waals surface area (Å²) in [4.78, 5) is 14.6. The van der Waals surface area contributed by atoms with Crippen LogP contribution < -0.4 is 5.73 Å². The molecule has 122 valence electrons. The molecule has 1 heterocycles. The van der Waals surface area contributed by atoms with Gasteiger partial charge in [0.15, 0.2) is 0 Å². The molecule has 1 saturated heterocycles. The average molecular weight is 304 g/mol. The molecule has 0 aromatic heterocycles. The number of benzene rings is 1. The van der Waals surface area contributed by atoms with Gasteiger partial charge in [-0.05, 0) is 76.9 Å². The molecule has 1 aliphatic heterocycles. The first-order valence-corrected chi connectivity index (χ1v) is 8.19. The lowest BCUT2D eigenvalue weighted by Gasteiger charge is -2.26. The van der Waals surface area contributed by atoms with Crippen molar-refractivity contribution >= 4 is 11.7 Å². The third-order valence-electron chi connectivity index (χ3n) is 3.92. The van der Waals surface area contributed by atoms with Gasteiger partial charge in [-0.15, -0.1) is 0 Å². The van der Waals surface area contributed by atoms with Gasteiger partial charge in [-0.3, -0.25) is 0 Å². The van der Waals surface area contributed by atoms with Crippen molar-refractivity contribution in [2.75, 3.05) is 25.4 Å². The quantitative estimate of drug-likeness (QED) is 0.685. The van der Waals surface area contributed by atoms with Crippen molar-refractivity contribution in [2.24, 2.45) is 0 Å². The zero-order valence-corrected chi connectivity index (χ0v) is 14.0. The Labute approximate surface area is 133 Å². The van der Waals surface area contributed by atoms with Gasteiger partial charge >= 0.3 is 5.97 Å². The van der Waals surface area contributed by atoms with Gasteiger partial charge in [-0.1, -0.05) is 6.42 Å². The Morgan fingerprint density at radius 2 is 1.91 bits per heavy atom. The Hall–Kier alpha value is -1.55. The van der Waals surface area contributed by atoms with E-state index in [1.165, 1.54) is 32.4 Å². The summed E-state index contributed by atoms with van der Waals surface area (Å²) < 4.78 is 5.42. The zero-order valence-electron chi connectivity index (χ0n) is 14.0. The molecular weight excluding hydrogens is 276 g/mol. The van der Waals surface area contributed by atoms with Gasteiger partial charge < -0.3 is 15.4 Å². The molecule has 0 radical (unpaired) electrons. The van der Waals surface area contributed by atoms with Gasteiger partial charge in [-0.25, -0.2) is 4.79 Å². The Morgan fingerprint density at radius 3 is 2.55 bits per heavy atom. The van der Waals surface area contributed by atoms with Gasteiger partial charge in [0.1, 0.15) is 5.60 Å². The van der Waals surface area contributed by atoms with E-state index in [9.17, 15) is 4.79 Å². The number of likely N-dealkylation sites (tertiary alicyclic amines) is 1. The summed E-state index contributed by atoms with van der Waals surface area (Å²) in [6.07, 6.45) is 4.79. The Balaban J connectivity index is 2.01. The van der Waals surface area contributed by atoms with E-state index in [1.807, 2.05) is 32.9 Å². The number of esters is 1. The van der Waals surface area contributed by atoms with Gasteiger partial charge in [0.25, 0.3) is 0 Å². The van der Waals surface area contributed by atoms with Crippen LogP contribution in [0.2, 0.25) is 0 Å². The predicted molar refractivity (Wildman–Crippen MR) is 90.0 cm³/mol. The smallest absolute Gasteiger partial charge is 0.338 e. The molecule has 0 saturated carbocycles. The normalized spacial score (nSPS) is 16.5. The fourth-order valence-electron chi connectivity index (χ4n) is 2.75. The van der Waals surface area contributed by atoms with Gasteiger partial charge in [0.05, 0.1) is 5.56 Å². The summed E-state index contributed by atoms with van der Waals surface area (Å²) in [5, 5.41) is 0. The maximum atomic E-state index is 12.2. The number of hydrogen-bond acceptors (Lipinski definition) is 4. The minimum absolute atomic E-state index is 0.285. The Bertz CT molecular complexity index is 514. The van der Waals surface area contributed by atoms with Crippen molar-refractivity contribution in [1.82, 2.24) is 4.90 Å². The van der Waals surface area contributed by atoms with Crippen LogP contribution in [-0.4, -0.2) is 36.1 Å². The highest BCUT2D eigenvalue weighted by molar-refractivity contribution is 5.90. The molecule has 0 atom stereocenters. The van der Waals surface area contributed by atoms with Crippen LogP contribution in [0.5, 0.6) is 0 Å². The molecule has 1 fully saturated rings. The van der Waals surface area contributed by atoms with Crippen LogP contribution in [0.4, 0.5) is 5.69 Å². The van der Waals surface area contributed by atoms with E-state index in [1.54, 1.807) is 6.07 Å². The van der Waals surface area contributed by atoms with Crippen molar-refractivity contribution in [3.8, 4) is 0 Å². The topological polar surface area (TPSA) is 55.6 Å². The van der Waals surface area contributed by atoms with Gasteiger partial charge in [0, 0.05) is 12.2 Å². The molecule has 0 amide bonds. The van der Waals surface area contributed by atoms with E-state index in [0.717, 1.165) is 24.2 Å². The number of ether oxygens (including phenoxy) is 1. The third-order valence-corrected chi connectivity index (χ3v) is 3.92. The highest BCUT2D eigenvalue weighted by atomic mass is 16.6. The summed E-state index contributed by atoms with van der Waals surface area (Å²) in [6.45, 7) is 8.97. The second kappa shape index (κ2) is 7.14. The molecule has 22 heavy (non-hydrogen) atoms. The molecule has 2 N–H and O–H groups in total. The molecule has 1 aromatic rings. The van der Waals surface area contributed by atoms with Gasteiger partial charge in [-0.2, -0.15) is 0 Å². The molecule has 4 heteroatoms. The predicted octanol–water partition coefficient (Wildman–Crippen LogP) is 3.25. The zero-order chi connectivity index (χ0) is 16.2. The average Bonchev–Trinajstić information content (AvgIpc) is 2.45. The number of nitrogens with zero attached hydrogens (tertiary/aromatic N) is 1. The van der Waals surface area contributed by atoms with Crippen LogP contribution in [0, 0.1) is 0 Å². The number of anilines is 1. The highest BCUT2D eigenvalue weighted by Gasteiger charge is 2.19. The van der Waals surface area contributed by atoms with Crippen molar-refractivity contribution in [3.63, 3.8) is 0 Å². The van der Waals surface area contributed by atoms with Crippen LogP contribution >= 0.6 is 0 Å². The fourth-order valence-corrected chi connectivity index (χ4v) is 2.75. The van der Waals surface area contributed by atoms with Gasteiger partial charge in [0.2, 0.25) is 0 Å². The molecule has 4 nitrogen and oxygen atoms in total. The number of carbonyl (C=O) groups is 1. The number of hydrogen-bond donors (Lipinski definition) is 1. The molecule has 0 unspecified atom stereocenters. The summed E-state index contributed by atoms with van der Waals surface area (Å²) in [7, 11) is 0. The maximum absolute atomic E-state index is 12.2. The number of piperidine rings is 1. The first-order valence-electron chi connectivity index (χ1n) is 8.19. The lowest BCUT2D eigenvalue weighted by molar-refractivity contribution is 0.00694. The summed E-state index contributed by atoms with van der Waals surface area (Å²) in [5.41, 5.74) is 7.95. The molecule has 1 aliphatic rings. The molecule has 1 aromatic carbocycles. The van der Waals surface area contributed by atoms with Crippen LogP contribution in [-0.2, 0) is 11.2 Å². The standard InChI is InChI=1S/C18H28N2O2/c1-18(2,3)22-17(21)15-7-8-16(19)14(13-15)9-12-20-10-5-4-6-11-20/h7-8,13H,4-6,9-12,19H2,1-3H3. The van der Waals surface area contributed by atoms with E-state index in [0.29, 0.717) is 5.56 Å². The number of rotatable bonds is 4. The summed E-state index contributed by atoms with van der Waals surface area (Å²) in [5.74, 6) is -0.285. The van der Waals surface area contributed by atoms with E-state index < -0.39 is 5.60 Å². The molecule has 0 bridgehead atoms. The second-order valence-corrected chi connectivity index (χ2v) is 7.07. The van der Waals surface area contributed by atoms with Crippen molar-refractivity contribution in [3.05, 3.63) is 29.3 Å². The molecule has 0 spiro atoms. The third kappa shape index (κ3) is 5.02. The van der Waals surface area contributed by atoms with Crippen molar-refractivity contribution in [1.29, 1.82) is 0 Å². The number of carbonyl (C=O) groups excluding carboxylic acids is 1. The van der Waals surface area contributed by atoms with Crippen molar-refractivity contribution in [2.45, 2.75) is 52.1 Å². The van der Waals surface area contributed by atoms with Crippen LogP contribution in [0.15, 0.2) is 18.2 Å². The first-order chi connectivity index (χ1) is 10.3. The SMILES string of the molecule is CC(C)(C)OC(=O)c1ccc(N)c(CCN2CCCCC2)c1. The molecule has 2 rings (SSSR count). The van der Waals surface area contributed by atoms with E-state index >= 15 is 0 Å². The van der Waals surface area contributed by atoms with Crippen LogP contribution in [0.3, 0.4) is 0 Å². The summed E-state index contributed by atoms with van der Waals surface area (Å²) >= 11 is 0. The lowest BCUT2D eigenvalue weighted by atomic mass is 10.0. The largest absolute Gasteiger partial charge is 0.456 e. The Morgan fingerprint density at radius 1 is 1.23 bits per heavy atom. The second-order valence-electron chi connectivity index (χ2n) is 7.07. The van der Waals surface area contributed by atoms with E-state index in [-0.39, 0.29) is 5.97 Å². The highest BCUT2D eigenvalue weighted by Crippen LogP contribution is 2.19. The Kier molecular flexibility index (Phi) is 5.46. The van der Waals surface area contributed by atoms with Crippen molar-refractivity contribution < 1.29 is 9.53 Å². The molecular formula is C18H28N2O2. The minimum Gasteiger partial charge on any atom is -0.456 e. The summed E-state index contributed by atoms with van der Waals surface area (Å²) in [6, 6.07) is 5.44. The van der Waals surface area contributed by atoms with E-state index in [2.05, 4.69) is 4.90 Å².